The molecule has 4 rings (SSSR count). The summed E-state index contributed by atoms with van der Waals surface area (Å²) in [6.45, 7) is 8.63. The Hall–Kier alpha value is -1.10. The van der Waals surface area contributed by atoms with Crippen LogP contribution in [-0.4, -0.2) is 60.4 Å². The second-order valence-corrected chi connectivity index (χ2v) is 8.12. The number of likely N-dealkylation sites (tertiary alicyclic amines) is 2. The number of hydrogen-bond donors (Lipinski definition) is 1. The zero-order chi connectivity index (χ0) is 16.2. The summed E-state index contributed by atoms with van der Waals surface area (Å²) in [5.74, 6) is 2.16. The van der Waals surface area contributed by atoms with E-state index in [1.165, 1.54) is 25.9 Å². The number of amides is 1. The van der Waals surface area contributed by atoms with Crippen molar-refractivity contribution in [2.45, 2.75) is 45.6 Å². The van der Waals surface area contributed by atoms with Gasteiger partial charge in [0, 0.05) is 43.9 Å². The molecule has 0 aromatic heterocycles. The van der Waals surface area contributed by atoms with Gasteiger partial charge in [-0.15, -0.1) is 0 Å². The molecular weight excluding hydrogens is 290 g/mol. The normalized spacial score (nSPS) is 41.7. The van der Waals surface area contributed by atoms with Gasteiger partial charge in [0.1, 0.15) is 0 Å². The standard InChI is InChI=1S/C18H29N3O2/c1-3-15(19)16-13-9-21(10-14(13)16)12-7-18(8-12)5-6-20(11-18)17(22)23-4-2/h12-14,16,19H,3-11H2,1-2H3/t12?,13-,14+,16?,18?. The molecule has 1 N–H and O–H groups in total. The summed E-state index contributed by atoms with van der Waals surface area (Å²) in [5, 5.41) is 8.04. The number of fused-ring (bicyclic) bond motifs is 1. The van der Waals surface area contributed by atoms with Gasteiger partial charge in [-0.1, -0.05) is 6.92 Å². The number of nitrogens with zero attached hydrogens (tertiary/aromatic N) is 2. The fraction of sp³-hybridized carbons (Fsp3) is 0.889. The summed E-state index contributed by atoms with van der Waals surface area (Å²) in [5.41, 5.74) is 1.35. The van der Waals surface area contributed by atoms with Crippen molar-refractivity contribution in [3.8, 4) is 0 Å². The smallest absolute Gasteiger partial charge is 0.409 e. The number of nitrogens with one attached hydrogen (secondary N) is 1. The zero-order valence-electron chi connectivity index (χ0n) is 14.4. The molecule has 4 fully saturated rings. The molecule has 0 aromatic rings. The molecule has 1 unspecified atom stereocenters. The van der Waals surface area contributed by atoms with Crippen molar-refractivity contribution >= 4 is 11.8 Å². The fourth-order valence-electron chi connectivity index (χ4n) is 5.45. The highest BCUT2D eigenvalue weighted by Gasteiger charge is 2.60. The highest BCUT2D eigenvalue weighted by atomic mass is 16.6. The molecule has 2 saturated carbocycles. The van der Waals surface area contributed by atoms with E-state index in [1.807, 2.05) is 11.8 Å². The SMILES string of the molecule is CCOC(=O)N1CCC2(CC(N3C[C@@H]4C(C(=N)CC)[C@@H]4C3)C2)C1. The topological polar surface area (TPSA) is 56.6 Å². The van der Waals surface area contributed by atoms with Crippen LogP contribution in [0.4, 0.5) is 4.79 Å². The van der Waals surface area contributed by atoms with E-state index in [1.54, 1.807) is 0 Å². The molecule has 0 radical (unpaired) electrons. The van der Waals surface area contributed by atoms with Gasteiger partial charge in [0.15, 0.2) is 0 Å². The molecule has 2 heterocycles. The van der Waals surface area contributed by atoms with Gasteiger partial charge < -0.3 is 15.0 Å². The van der Waals surface area contributed by atoms with Crippen LogP contribution in [0.25, 0.3) is 0 Å². The third-order valence-corrected chi connectivity index (χ3v) is 6.82. The predicted molar refractivity (Wildman–Crippen MR) is 88.7 cm³/mol. The lowest BCUT2D eigenvalue weighted by atomic mass is 9.64. The Bertz CT molecular complexity index is 502. The molecule has 2 saturated heterocycles. The van der Waals surface area contributed by atoms with Crippen LogP contribution in [0.5, 0.6) is 0 Å². The molecular formula is C18H29N3O2. The number of piperidine rings is 1. The van der Waals surface area contributed by atoms with Crippen LogP contribution < -0.4 is 0 Å². The first-order valence-electron chi connectivity index (χ1n) is 9.30. The van der Waals surface area contributed by atoms with Crippen LogP contribution in [0.15, 0.2) is 0 Å². The van der Waals surface area contributed by atoms with Crippen molar-refractivity contribution in [3.05, 3.63) is 0 Å². The maximum atomic E-state index is 11.9. The fourth-order valence-corrected chi connectivity index (χ4v) is 5.45. The predicted octanol–water partition coefficient (Wildman–Crippen LogP) is 2.60. The van der Waals surface area contributed by atoms with Crippen molar-refractivity contribution in [2.75, 3.05) is 32.8 Å². The monoisotopic (exact) mass is 319 g/mol. The highest BCUT2D eigenvalue weighted by molar-refractivity contribution is 5.87. The molecule has 2 aliphatic heterocycles. The Morgan fingerprint density at radius 2 is 1.96 bits per heavy atom. The zero-order valence-corrected chi connectivity index (χ0v) is 14.4. The Morgan fingerprint density at radius 3 is 2.57 bits per heavy atom. The van der Waals surface area contributed by atoms with Crippen LogP contribution in [0.1, 0.15) is 39.5 Å². The van der Waals surface area contributed by atoms with Crippen LogP contribution >= 0.6 is 0 Å². The van der Waals surface area contributed by atoms with Crippen molar-refractivity contribution in [2.24, 2.45) is 23.2 Å². The van der Waals surface area contributed by atoms with Gasteiger partial charge in [-0.3, -0.25) is 4.90 Å². The third kappa shape index (κ3) is 2.48. The Kier molecular flexibility index (Phi) is 3.67. The first-order chi connectivity index (χ1) is 11.1. The average molecular weight is 319 g/mol. The lowest BCUT2D eigenvalue weighted by Gasteiger charge is -2.49. The second-order valence-electron chi connectivity index (χ2n) is 8.12. The van der Waals surface area contributed by atoms with Crippen LogP contribution in [0, 0.1) is 28.6 Å². The maximum absolute atomic E-state index is 11.9. The first-order valence-corrected chi connectivity index (χ1v) is 9.30. The number of ether oxygens (including phenoxy) is 1. The number of carbonyl (C=O) groups is 1. The van der Waals surface area contributed by atoms with E-state index >= 15 is 0 Å². The molecule has 0 aromatic carbocycles. The number of rotatable bonds is 4. The second kappa shape index (κ2) is 5.47. The van der Waals surface area contributed by atoms with Gasteiger partial charge in [0.25, 0.3) is 0 Å². The number of hydrogen-bond acceptors (Lipinski definition) is 4. The Labute approximate surface area is 138 Å². The summed E-state index contributed by atoms with van der Waals surface area (Å²) in [4.78, 5) is 16.4. The molecule has 1 spiro atoms. The van der Waals surface area contributed by atoms with Crippen LogP contribution in [0.3, 0.4) is 0 Å². The molecule has 0 bridgehead atoms. The first kappa shape index (κ1) is 15.4. The summed E-state index contributed by atoms with van der Waals surface area (Å²) < 4.78 is 5.14. The minimum Gasteiger partial charge on any atom is -0.450 e. The Balaban J connectivity index is 1.24. The van der Waals surface area contributed by atoms with Gasteiger partial charge in [0.05, 0.1) is 6.61 Å². The molecule has 4 aliphatic rings. The largest absolute Gasteiger partial charge is 0.450 e. The summed E-state index contributed by atoms with van der Waals surface area (Å²) in [6.07, 6.45) is 4.44. The van der Waals surface area contributed by atoms with Crippen molar-refractivity contribution in [1.82, 2.24) is 9.80 Å². The van der Waals surface area contributed by atoms with Crippen LogP contribution in [0.2, 0.25) is 0 Å². The molecule has 5 heteroatoms. The molecule has 128 valence electrons. The van der Waals surface area contributed by atoms with Gasteiger partial charge in [0.2, 0.25) is 0 Å². The van der Waals surface area contributed by atoms with Crippen molar-refractivity contribution in [3.63, 3.8) is 0 Å². The summed E-state index contributed by atoms with van der Waals surface area (Å²) >= 11 is 0. The molecule has 1 amide bonds. The van der Waals surface area contributed by atoms with Crippen LogP contribution in [-0.2, 0) is 4.74 Å². The Morgan fingerprint density at radius 1 is 1.26 bits per heavy atom. The van der Waals surface area contributed by atoms with E-state index in [0.29, 0.717) is 17.9 Å². The number of carbonyl (C=O) groups excluding carboxylic acids is 1. The molecule has 3 atom stereocenters. The maximum Gasteiger partial charge on any atom is 0.409 e. The van der Waals surface area contributed by atoms with E-state index in [-0.39, 0.29) is 6.09 Å². The molecule has 5 nitrogen and oxygen atoms in total. The van der Waals surface area contributed by atoms with Gasteiger partial charge >= 0.3 is 6.09 Å². The van der Waals surface area contributed by atoms with E-state index in [0.717, 1.165) is 49.5 Å². The van der Waals surface area contributed by atoms with E-state index in [9.17, 15) is 4.79 Å². The average Bonchev–Trinajstić information content (AvgIpc) is 2.91. The highest BCUT2D eigenvalue weighted by Crippen LogP contribution is 2.57. The van der Waals surface area contributed by atoms with Crippen molar-refractivity contribution in [1.29, 1.82) is 5.41 Å². The minimum absolute atomic E-state index is 0.129. The molecule has 23 heavy (non-hydrogen) atoms. The van der Waals surface area contributed by atoms with E-state index < -0.39 is 0 Å². The lowest BCUT2D eigenvalue weighted by molar-refractivity contribution is 0.0115. The van der Waals surface area contributed by atoms with Gasteiger partial charge in [-0.2, -0.15) is 0 Å². The summed E-state index contributed by atoms with van der Waals surface area (Å²) in [7, 11) is 0. The summed E-state index contributed by atoms with van der Waals surface area (Å²) in [6, 6.07) is 0.724. The lowest BCUT2D eigenvalue weighted by Crippen LogP contribution is -2.52. The van der Waals surface area contributed by atoms with E-state index in [4.69, 9.17) is 10.1 Å². The van der Waals surface area contributed by atoms with Crippen molar-refractivity contribution < 1.29 is 9.53 Å². The van der Waals surface area contributed by atoms with Gasteiger partial charge in [-0.05, 0) is 49.9 Å². The van der Waals surface area contributed by atoms with Gasteiger partial charge in [-0.25, -0.2) is 4.79 Å². The minimum atomic E-state index is -0.129. The van der Waals surface area contributed by atoms with E-state index in [2.05, 4.69) is 11.8 Å². The molecule has 2 aliphatic carbocycles. The quantitative estimate of drug-likeness (QED) is 0.810. The third-order valence-electron chi connectivity index (χ3n) is 6.82.